The van der Waals surface area contributed by atoms with Gasteiger partial charge in [0, 0.05) is 4.47 Å². The lowest BCUT2D eigenvalue weighted by molar-refractivity contribution is 0.587. The summed E-state index contributed by atoms with van der Waals surface area (Å²) >= 11 is 5.87. The normalized spacial score (nSPS) is 10.2. The van der Waals surface area contributed by atoms with Crippen molar-refractivity contribution < 1.29 is 13.2 Å². The summed E-state index contributed by atoms with van der Waals surface area (Å²) < 4.78 is 41.4. The average Bonchev–Trinajstić information content (AvgIpc) is 2.38. The zero-order chi connectivity index (χ0) is 14.9. The third kappa shape index (κ3) is 2.81. The maximum absolute atomic E-state index is 14.0. The van der Waals surface area contributed by atoms with E-state index in [9.17, 15) is 13.2 Å². The van der Waals surface area contributed by atoms with Crippen LogP contribution in [0.4, 0.5) is 24.5 Å². The molecule has 20 heavy (non-hydrogen) atoms. The summed E-state index contributed by atoms with van der Waals surface area (Å²) in [5.41, 5.74) is -0.524. The van der Waals surface area contributed by atoms with Gasteiger partial charge in [-0.25, -0.2) is 13.2 Å². The second kappa shape index (κ2) is 5.85. The van der Waals surface area contributed by atoms with Crippen LogP contribution in [-0.2, 0) is 0 Å². The highest BCUT2D eigenvalue weighted by Crippen LogP contribution is 2.31. The first-order chi connectivity index (χ1) is 9.43. The van der Waals surface area contributed by atoms with Gasteiger partial charge in [-0.15, -0.1) is 0 Å². The molecule has 0 bridgehead atoms. The molecule has 1 N–H and O–H groups in total. The smallest absolute Gasteiger partial charge is 0.162 e. The van der Waals surface area contributed by atoms with Gasteiger partial charge in [0.05, 0.1) is 15.7 Å². The summed E-state index contributed by atoms with van der Waals surface area (Å²) in [6.07, 6.45) is 0. The zero-order valence-electron chi connectivity index (χ0n) is 9.65. The predicted molar refractivity (Wildman–Crippen MR) is 76.2 cm³/mol. The summed E-state index contributed by atoms with van der Waals surface area (Å²) in [4.78, 5) is 0. The molecule has 2 aromatic carbocycles. The molecule has 0 aliphatic heterocycles. The first-order valence-electron chi connectivity index (χ1n) is 5.23. The van der Waals surface area contributed by atoms with Gasteiger partial charge in [0.15, 0.2) is 17.5 Å². The van der Waals surface area contributed by atoms with E-state index in [1.54, 1.807) is 6.07 Å². The highest BCUT2D eigenvalue weighted by molar-refractivity contribution is 9.10. The summed E-state index contributed by atoms with van der Waals surface area (Å²) in [6, 6.07) is 6.48. The Morgan fingerprint density at radius 3 is 2.20 bits per heavy atom. The number of hydrogen-bond acceptors (Lipinski definition) is 2. The number of anilines is 2. The van der Waals surface area contributed by atoms with E-state index in [2.05, 4.69) is 37.2 Å². The van der Waals surface area contributed by atoms with Crippen LogP contribution in [-0.4, -0.2) is 0 Å². The molecule has 0 amide bonds. The van der Waals surface area contributed by atoms with Crippen LogP contribution < -0.4 is 5.32 Å². The minimum absolute atomic E-state index is 0.0667. The largest absolute Gasteiger partial charge is 0.348 e. The molecule has 0 heterocycles. The van der Waals surface area contributed by atoms with Gasteiger partial charge in [-0.05, 0) is 40.2 Å². The van der Waals surface area contributed by atoms with E-state index < -0.39 is 23.1 Å². The molecule has 102 valence electrons. The van der Waals surface area contributed by atoms with Gasteiger partial charge in [-0.3, -0.25) is 0 Å². The number of nitrogens with one attached hydrogen (secondary N) is 1. The van der Waals surface area contributed by atoms with Crippen LogP contribution in [0.3, 0.4) is 0 Å². The van der Waals surface area contributed by atoms with Crippen LogP contribution in [0, 0.1) is 28.8 Å². The number of halogens is 5. The molecule has 0 fully saturated rings. The molecular formula is C13H5Br2F3N2. The van der Waals surface area contributed by atoms with E-state index in [4.69, 9.17) is 5.26 Å². The molecule has 0 aliphatic carbocycles. The van der Waals surface area contributed by atoms with Gasteiger partial charge in [0.2, 0.25) is 0 Å². The maximum atomic E-state index is 14.0. The lowest BCUT2D eigenvalue weighted by Gasteiger charge is -2.11. The van der Waals surface area contributed by atoms with Crippen LogP contribution in [0.5, 0.6) is 0 Å². The molecule has 0 saturated carbocycles. The average molecular weight is 406 g/mol. The second-order valence-corrected chi connectivity index (χ2v) is 5.48. The highest BCUT2D eigenvalue weighted by Gasteiger charge is 2.15. The molecule has 0 atom stereocenters. The number of nitriles is 1. The SMILES string of the molecule is N#Cc1ccc(Nc2c(F)cc(Br)cc2F)c(F)c1Br. The Bertz CT molecular complexity index is 703. The first-order valence-corrected chi connectivity index (χ1v) is 6.82. The molecule has 0 radical (unpaired) electrons. The van der Waals surface area contributed by atoms with Crippen molar-refractivity contribution in [2.75, 3.05) is 5.32 Å². The third-order valence-corrected chi connectivity index (χ3v) is 3.70. The Morgan fingerprint density at radius 1 is 1.05 bits per heavy atom. The van der Waals surface area contributed by atoms with Crippen molar-refractivity contribution in [2.24, 2.45) is 0 Å². The maximum Gasteiger partial charge on any atom is 0.162 e. The molecule has 0 aliphatic rings. The van der Waals surface area contributed by atoms with Gasteiger partial charge in [0.25, 0.3) is 0 Å². The number of hydrogen-bond donors (Lipinski definition) is 1. The van der Waals surface area contributed by atoms with Crippen molar-refractivity contribution in [3.05, 3.63) is 56.2 Å². The number of rotatable bonds is 2. The van der Waals surface area contributed by atoms with E-state index in [0.29, 0.717) is 0 Å². The second-order valence-electron chi connectivity index (χ2n) is 3.77. The lowest BCUT2D eigenvalue weighted by atomic mass is 10.2. The molecule has 0 saturated heterocycles. The highest BCUT2D eigenvalue weighted by atomic mass is 79.9. The van der Waals surface area contributed by atoms with Crippen LogP contribution >= 0.6 is 31.9 Å². The van der Waals surface area contributed by atoms with Crippen LogP contribution in [0.2, 0.25) is 0 Å². The van der Waals surface area contributed by atoms with Crippen molar-refractivity contribution in [1.82, 2.24) is 0 Å². The Labute approximate surface area is 129 Å². The Hall–Kier alpha value is -1.52. The van der Waals surface area contributed by atoms with Crippen LogP contribution in [0.15, 0.2) is 33.2 Å². The fraction of sp³-hybridized carbons (Fsp3) is 0. The Balaban J connectivity index is 2.47. The third-order valence-electron chi connectivity index (χ3n) is 2.47. The summed E-state index contributed by atoms with van der Waals surface area (Å²) in [5, 5.41) is 11.1. The molecule has 0 unspecified atom stereocenters. The van der Waals surface area contributed by atoms with E-state index in [1.807, 2.05) is 0 Å². The fourth-order valence-corrected chi connectivity index (χ4v) is 2.37. The van der Waals surface area contributed by atoms with Crippen molar-refractivity contribution in [1.29, 1.82) is 5.26 Å². The topological polar surface area (TPSA) is 35.8 Å². The minimum Gasteiger partial charge on any atom is -0.348 e. The van der Waals surface area contributed by atoms with Gasteiger partial charge in [0.1, 0.15) is 11.8 Å². The molecule has 2 rings (SSSR count). The van der Waals surface area contributed by atoms with E-state index in [1.165, 1.54) is 12.1 Å². The van der Waals surface area contributed by atoms with Crippen molar-refractivity contribution in [3.8, 4) is 6.07 Å². The van der Waals surface area contributed by atoms with E-state index >= 15 is 0 Å². The minimum atomic E-state index is -0.864. The molecular weight excluding hydrogens is 401 g/mol. The van der Waals surface area contributed by atoms with Crippen LogP contribution in [0.25, 0.3) is 0 Å². The van der Waals surface area contributed by atoms with Crippen LogP contribution in [0.1, 0.15) is 5.56 Å². The van der Waals surface area contributed by atoms with Crippen molar-refractivity contribution in [3.63, 3.8) is 0 Å². The van der Waals surface area contributed by atoms with E-state index in [0.717, 1.165) is 12.1 Å². The van der Waals surface area contributed by atoms with Gasteiger partial charge in [-0.2, -0.15) is 5.26 Å². The summed E-state index contributed by atoms with van der Waals surface area (Å²) in [5.74, 6) is -2.53. The lowest BCUT2D eigenvalue weighted by Crippen LogP contribution is -2.01. The van der Waals surface area contributed by atoms with Crippen molar-refractivity contribution in [2.45, 2.75) is 0 Å². The molecule has 0 spiro atoms. The number of nitrogens with zero attached hydrogens (tertiary/aromatic N) is 1. The summed E-state index contributed by atoms with van der Waals surface area (Å²) in [6.45, 7) is 0. The Kier molecular flexibility index (Phi) is 4.35. The predicted octanol–water partition coefficient (Wildman–Crippen LogP) is 5.24. The molecule has 7 heteroatoms. The molecule has 0 aromatic heterocycles. The monoisotopic (exact) mass is 404 g/mol. The standard InChI is InChI=1S/C13H5Br2F3N2/c14-7-3-8(16)13(9(17)4-7)20-10-2-1-6(5-19)11(15)12(10)18/h1-4,20H. The van der Waals surface area contributed by atoms with Gasteiger partial charge in [-0.1, -0.05) is 15.9 Å². The quantitative estimate of drug-likeness (QED) is 0.741. The van der Waals surface area contributed by atoms with E-state index in [-0.39, 0.29) is 20.2 Å². The first kappa shape index (κ1) is 14.9. The fourth-order valence-electron chi connectivity index (χ4n) is 1.53. The van der Waals surface area contributed by atoms with Gasteiger partial charge < -0.3 is 5.32 Å². The molecule has 2 nitrogen and oxygen atoms in total. The Morgan fingerprint density at radius 2 is 1.65 bits per heavy atom. The molecule has 2 aromatic rings. The zero-order valence-corrected chi connectivity index (χ0v) is 12.8. The summed E-state index contributed by atoms with van der Waals surface area (Å²) in [7, 11) is 0. The van der Waals surface area contributed by atoms with Gasteiger partial charge >= 0.3 is 0 Å². The number of benzene rings is 2. The van der Waals surface area contributed by atoms with Crippen molar-refractivity contribution >= 4 is 43.2 Å².